The minimum atomic E-state index is 0.123. The highest BCUT2D eigenvalue weighted by Crippen LogP contribution is 2.29. The fraction of sp³-hybridized carbons (Fsp3) is 0.286. The molecule has 80 valence electrons. The highest BCUT2D eigenvalue weighted by atomic mass is 35.5. The summed E-state index contributed by atoms with van der Waals surface area (Å²) in [5.74, 6) is 1.02. The molecule has 0 saturated carbocycles. The van der Waals surface area contributed by atoms with Crippen molar-refractivity contribution in [3.63, 3.8) is 0 Å². The summed E-state index contributed by atoms with van der Waals surface area (Å²) in [4.78, 5) is 4.20. The Kier molecular flexibility index (Phi) is 3.13. The SMILES string of the molecule is NC(=S)N/N=C/c1c(Cl)nc2n1CCS2. The first-order valence-electron chi connectivity index (χ1n) is 4.16. The number of thioether (sulfide) groups is 1. The molecule has 0 spiro atoms. The Morgan fingerprint density at radius 2 is 2.60 bits per heavy atom. The van der Waals surface area contributed by atoms with Crippen LogP contribution >= 0.6 is 35.6 Å². The van der Waals surface area contributed by atoms with Crippen molar-refractivity contribution < 1.29 is 0 Å². The lowest BCUT2D eigenvalue weighted by Crippen LogP contribution is -2.24. The summed E-state index contributed by atoms with van der Waals surface area (Å²) in [5.41, 5.74) is 8.48. The Hall–Kier alpha value is -0.790. The van der Waals surface area contributed by atoms with Gasteiger partial charge in [-0.3, -0.25) is 5.43 Å². The molecule has 3 N–H and O–H groups in total. The van der Waals surface area contributed by atoms with Crippen molar-refractivity contribution in [1.82, 2.24) is 15.0 Å². The van der Waals surface area contributed by atoms with Crippen LogP contribution in [0.2, 0.25) is 5.15 Å². The third-order valence-electron chi connectivity index (χ3n) is 1.83. The Bertz CT molecular complexity index is 427. The molecule has 1 aliphatic rings. The first-order chi connectivity index (χ1) is 7.18. The van der Waals surface area contributed by atoms with Gasteiger partial charge in [-0.1, -0.05) is 23.4 Å². The van der Waals surface area contributed by atoms with Gasteiger partial charge in [0.2, 0.25) is 0 Å². The van der Waals surface area contributed by atoms with E-state index in [1.807, 2.05) is 4.57 Å². The lowest BCUT2D eigenvalue weighted by Gasteiger charge is -1.98. The van der Waals surface area contributed by atoms with Crippen molar-refractivity contribution in [2.75, 3.05) is 5.75 Å². The van der Waals surface area contributed by atoms with Crippen molar-refractivity contribution >= 4 is 46.9 Å². The van der Waals surface area contributed by atoms with Crippen molar-refractivity contribution in [3.05, 3.63) is 10.8 Å². The molecule has 0 unspecified atom stereocenters. The van der Waals surface area contributed by atoms with Gasteiger partial charge >= 0.3 is 0 Å². The number of nitrogens with zero attached hydrogens (tertiary/aromatic N) is 3. The second kappa shape index (κ2) is 4.38. The van der Waals surface area contributed by atoms with Gasteiger partial charge in [-0.2, -0.15) is 5.10 Å². The second-order valence-electron chi connectivity index (χ2n) is 2.80. The molecular weight excluding hydrogens is 254 g/mol. The first kappa shape index (κ1) is 10.7. The van der Waals surface area contributed by atoms with E-state index in [-0.39, 0.29) is 5.11 Å². The van der Waals surface area contributed by atoms with Gasteiger partial charge in [-0.25, -0.2) is 4.98 Å². The minimum absolute atomic E-state index is 0.123. The van der Waals surface area contributed by atoms with Gasteiger partial charge < -0.3 is 10.3 Å². The minimum Gasteiger partial charge on any atom is -0.375 e. The second-order valence-corrected chi connectivity index (χ2v) is 4.66. The van der Waals surface area contributed by atoms with E-state index >= 15 is 0 Å². The summed E-state index contributed by atoms with van der Waals surface area (Å²) in [7, 11) is 0. The lowest BCUT2D eigenvalue weighted by atomic mass is 10.5. The van der Waals surface area contributed by atoms with E-state index in [1.54, 1.807) is 18.0 Å². The molecule has 15 heavy (non-hydrogen) atoms. The Morgan fingerprint density at radius 1 is 1.80 bits per heavy atom. The predicted molar refractivity (Wildman–Crippen MR) is 65.5 cm³/mol. The molecule has 0 saturated heterocycles. The molecule has 5 nitrogen and oxygen atoms in total. The topological polar surface area (TPSA) is 68.2 Å². The number of aromatic nitrogens is 2. The predicted octanol–water partition coefficient (Wildman–Crippen LogP) is 0.809. The van der Waals surface area contributed by atoms with Crippen LogP contribution in [0.3, 0.4) is 0 Å². The van der Waals surface area contributed by atoms with E-state index in [2.05, 4.69) is 27.7 Å². The average molecular weight is 262 g/mol. The molecule has 2 rings (SSSR count). The van der Waals surface area contributed by atoms with Crippen LogP contribution in [0.25, 0.3) is 0 Å². The number of thiocarbonyl (C=S) groups is 1. The summed E-state index contributed by atoms with van der Waals surface area (Å²) >= 11 is 12.2. The first-order valence-corrected chi connectivity index (χ1v) is 5.93. The van der Waals surface area contributed by atoms with E-state index in [4.69, 9.17) is 17.3 Å². The number of halogens is 1. The molecule has 0 aliphatic carbocycles. The zero-order chi connectivity index (χ0) is 10.8. The largest absolute Gasteiger partial charge is 0.375 e. The van der Waals surface area contributed by atoms with Crippen LogP contribution in [0.5, 0.6) is 0 Å². The number of nitrogens with one attached hydrogen (secondary N) is 1. The number of hydrazone groups is 1. The van der Waals surface area contributed by atoms with E-state index in [0.717, 1.165) is 23.1 Å². The van der Waals surface area contributed by atoms with Crippen LogP contribution in [0, 0.1) is 0 Å². The molecule has 8 heteroatoms. The van der Waals surface area contributed by atoms with E-state index in [0.29, 0.717) is 5.15 Å². The highest BCUT2D eigenvalue weighted by Gasteiger charge is 2.19. The maximum atomic E-state index is 5.95. The lowest BCUT2D eigenvalue weighted by molar-refractivity contribution is 0.715. The van der Waals surface area contributed by atoms with Crippen LogP contribution in [0.4, 0.5) is 0 Å². The van der Waals surface area contributed by atoms with Crippen LogP contribution in [-0.2, 0) is 6.54 Å². The van der Waals surface area contributed by atoms with Gasteiger partial charge in [0, 0.05) is 12.3 Å². The van der Waals surface area contributed by atoms with Gasteiger partial charge in [0.25, 0.3) is 0 Å². The average Bonchev–Trinajstić information content (AvgIpc) is 2.68. The molecule has 1 aromatic heterocycles. The van der Waals surface area contributed by atoms with Gasteiger partial charge in [0.1, 0.15) is 5.69 Å². The van der Waals surface area contributed by atoms with Gasteiger partial charge in [0.15, 0.2) is 15.4 Å². The molecule has 0 amide bonds. The molecule has 1 aromatic rings. The summed E-state index contributed by atoms with van der Waals surface area (Å²) in [6.07, 6.45) is 1.57. The zero-order valence-corrected chi connectivity index (χ0v) is 9.99. The third kappa shape index (κ3) is 2.24. The molecular formula is C7H8ClN5S2. The summed E-state index contributed by atoms with van der Waals surface area (Å²) in [6, 6.07) is 0. The van der Waals surface area contributed by atoms with Gasteiger partial charge in [-0.15, -0.1) is 0 Å². The van der Waals surface area contributed by atoms with Crippen molar-refractivity contribution in [1.29, 1.82) is 0 Å². The fourth-order valence-corrected chi connectivity index (χ4v) is 2.54. The van der Waals surface area contributed by atoms with Gasteiger partial charge in [-0.05, 0) is 12.2 Å². The van der Waals surface area contributed by atoms with Crippen LogP contribution in [0.15, 0.2) is 10.3 Å². The van der Waals surface area contributed by atoms with E-state index < -0.39 is 0 Å². The van der Waals surface area contributed by atoms with Crippen molar-refractivity contribution in [3.8, 4) is 0 Å². The Morgan fingerprint density at radius 3 is 3.33 bits per heavy atom. The number of rotatable bonds is 2. The molecule has 0 radical (unpaired) electrons. The van der Waals surface area contributed by atoms with Crippen LogP contribution in [0.1, 0.15) is 5.69 Å². The fourth-order valence-electron chi connectivity index (χ4n) is 1.25. The molecule has 0 aromatic carbocycles. The normalized spacial score (nSPS) is 14.5. The van der Waals surface area contributed by atoms with Crippen molar-refractivity contribution in [2.24, 2.45) is 10.8 Å². The number of hydrogen-bond donors (Lipinski definition) is 2. The number of nitrogens with two attached hydrogens (primary N) is 1. The van der Waals surface area contributed by atoms with E-state index in [9.17, 15) is 0 Å². The molecule has 1 aliphatic heterocycles. The summed E-state index contributed by atoms with van der Waals surface area (Å²) in [6.45, 7) is 0.897. The van der Waals surface area contributed by atoms with Crippen LogP contribution < -0.4 is 11.2 Å². The highest BCUT2D eigenvalue weighted by molar-refractivity contribution is 7.99. The third-order valence-corrected chi connectivity index (χ3v) is 3.16. The number of imidazole rings is 1. The Labute approximate surface area is 101 Å². The summed E-state index contributed by atoms with van der Waals surface area (Å²) < 4.78 is 2.01. The monoisotopic (exact) mass is 261 g/mol. The molecule has 0 atom stereocenters. The summed E-state index contributed by atoms with van der Waals surface area (Å²) in [5, 5.41) is 5.36. The molecule has 2 heterocycles. The number of hydrogen-bond acceptors (Lipinski definition) is 4. The van der Waals surface area contributed by atoms with Crippen molar-refractivity contribution in [2.45, 2.75) is 11.7 Å². The maximum absolute atomic E-state index is 5.95. The Balaban J connectivity index is 2.21. The molecule has 0 bridgehead atoms. The zero-order valence-electron chi connectivity index (χ0n) is 7.61. The van der Waals surface area contributed by atoms with Crippen LogP contribution in [-0.4, -0.2) is 26.6 Å². The quantitative estimate of drug-likeness (QED) is 0.469. The van der Waals surface area contributed by atoms with E-state index in [1.165, 1.54) is 0 Å². The van der Waals surface area contributed by atoms with Gasteiger partial charge in [0.05, 0.1) is 6.21 Å². The standard InChI is InChI=1S/C7H8ClN5S2/c8-5-4(3-10-12-6(9)14)13-1-2-15-7(13)11-5/h3H,1-2H2,(H3,9,12,14)/b10-3+. The number of fused-ring (bicyclic) bond motifs is 1. The maximum Gasteiger partial charge on any atom is 0.184 e. The smallest absolute Gasteiger partial charge is 0.184 e. The molecule has 0 fully saturated rings.